The fourth-order valence-electron chi connectivity index (χ4n) is 1.16. The number of nitrogens with zero attached hydrogens (tertiary/aromatic N) is 3. The van der Waals surface area contributed by atoms with Gasteiger partial charge in [-0.2, -0.15) is 0 Å². The van der Waals surface area contributed by atoms with E-state index in [0.29, 0.717) is 15.4 Å². The van der Waals surface area contributed by atoms with Crippen molar-refractivity contribution in [1.82, 2.24) is 9.97 Å². The number of benzene rings is 1. The van der Waals surface area contributed by atoms with Crippen LogP contribution in [0.5, 0.6) is 0 Å². The largest absolute Gasteiger partial charge is 0.285 e. The Morgan fingerprint density at radius 2 is 2.20 bits per heavy atom. The summed E-state index contributed by atoms with van der Waals surface area (Å²) in [4.78, 5) is 17.8. The molecule has 2 aromatic rings. The van der Waals surface area contributed by atoms with Crippen molar-refractivity contribution in [3.63, 3.8) is 0 Å². The molecule has 7 heteroatoms. The van der Waals surface area contributed by atoms with E-state index < -0.39 is 4.92 Å². The van der Waals surface area contributed by atoms with Crippen molar-refractivity contribution in [3.05, 3.63) is 38.2 Å². The summed E-state index contributed by atoms with van der Waals surface area (Å²) in [5.74, 6) is 0. The Balaban J connectivity index is 2.77. The maximum Gasteiger partial charge on any atom is 0.285 e. The summed E-state index contributed by atoms with van der Waals surface area (Å²) in [5.41, 5.74) is 0.405. The first kappa shape index (κ1) is 10.3. The van der Waals surface area contributed by atoms with Gasteiger partial charge in [0.25, 0.3) is 5.69 Å². The number of hydrogen-bond donors (Lipinski definition) is 0. The maximum atomic E-state index is 10.6. The smallest absolute Gasteiger partial charge is 0.258 e. The van der Waals surface area contributed by atoms with Crippen molar-refractivity contribution in [1.29, 1.82) is 0 Å². The van der Waals surface area contributed by atoms with E-state index in [-0.39, 0.29) is 11.0 Å². The minimum atomic E-state index is -0.487. The molecule has 76 valence electrons. The third kappa shape index (κ3) is 1.91. The lowest BCUT2D eigenvalue weighted by molar-refractivity contribution is -0.385. The Kier molecular flexibility index (Phi) is 2.54. The highest BCUT2D eigenvalue weighted by molar-refractivity contribution is 9.10. The van der Waals surface area contributed by atoms with Crippen LogP contribution in [0.1, 0.15) is 0 Å². The van der Waals surface area contributed by atoms with Gasteiger partial charge in [-0.25, -0.2) is 9.97 Å². The summed E-state index contributed by atoms with van der Waals surface area (Å²) < 4.78 is 0.394. The molecule has 1 aromatic carbocycles. The first-order chi connectivity index (χ1) is 7.08. The van der Waals surface area contributed by atoms with Gasteiger partial charge in [0.1, 0.15) is 0 Å². The van der Waals surface area contributed by atoms with Crippen LogP contribution < -0.4 is 0 Å². The third-order valence-electron chi connectivity index (χ3n) is 1.82. The van der Waals surface area contributed by atoms with Gasteiger partial charge in [-0.1, -0.05) is 0 Å². The van der Waals surface area contributed by atoms with Gasteiger partial charge in [-0.15, -0.1) is 0 Å². The lowest BCUT2D eigenvalue weighted by Crippen LogP contribution is -1.91. The first-order valence-electron chi connectivity index (χ1n) is 3.84. The van der Waals surface area contributed by atoms with Crippen molar-refractivity contribution < 1.29 is 4.92 Å². The van der Waals surface area contributed by atoms with E-state index in [9.17, 15) is 10.1 Å². The number of nitro benzene ring substituents is 1. The van der Waals surface area contributed by atoms with Gasteiger partial charge in [0.15, 0.2) is 0 Å². The van der Waals surface area contributed by atoms with Crippen molar-refractivity contribution in [3.8, 4) is 0 Å². The zero-order valence-electron chi connectivity index (χ0n) is 7.15. The van der Waals surface area contributed by atoms with Crippen LogP contribution in [0.3, 0.4) is 0 Å². The van der Waals surface area contributed by atoms with Crippen LogP contribution in [0.25, 0.3) is 10.9 Å². The summed E-state index contributed by atoms with van der Waals surface area (Å²) >= 11 is 8.69. The van der Waals surface area contributed by atoms with Gasteiger partial charge in [-0.3, -0.25) is 10.1 Å². The zero-order chi connectivity index (χ0) is 11.0. The van der Waals surface area contributed by atoms with E-state index in [1.165, 1.54) is 12.3 Å². The molecule has 2 rings (SSSR count). The number of halogens is 2. The Bertz CT molecular complexity index is 561. The molecule has 0 aliphatic rings. The molecule has 0 unspecified atom stereocenters. The van der Waals surface area contributed by atoms with E-state index in [1.807, 2.05) is 0 Å². The summed E-state index contributed by atoms with van der Waals surface area (Å²) in [6, 6.07) is 2.94. The van der Waals surface area contributed by atoms with E-state index >= 15 is 0 Å². The van der Waals surface area contributed by atoms with Crippen molar-refractivity contribution in [2.45, 2.75) is 0 Å². The van der Waals surface area contributed by atoms with Crippen LogP contribution in [0, 0.1) is 10.1 Å². The second-order valence-corrected chi connectivity index (χ2v) is 3.95. The number of fused-ring (bicyclic) bond motifs is 1. The molecule has 0 fully saturated rings. The highest BCUT2D eigenvalue weighted by atomic mass is 79.9. The van der Waals surface area contributed by atoms with Crippen molar-refractivity contribution >= 4 is 44.1 Å². The third-order valence-corrected chi connectivity index (χ3v) is 2.63. The van der Waals surface area contributed by atoms with Gasteiger partial charge >= 0.3 is 0 Å². The van der Waals surface area contributed by atoms with E-state index in [1.54, 1.807) is 6.07 Å². The van der Waals surface area contributed by atoms with Crippen LogP contribution in [-0.2, 0) is 0 Å². The molecular formula is C8H3BrClN3O2. The van der Waals surface area contributed by atoms with E-state index in [2.05, 4.69) is 25.9 Å². The minimum Gasteiger partial charge on any atom is -0.258 e. The molecule has 0 aliphatic carbocycles. The monoisotopic (exact) mass is 287 g/mol. The molecule has 0 amide bonds. The Morgan fingerprint density at radius 3 is 2.87 bits per heavy atom. The SMILES string of the molecule is O=[N+]([O-])c1cc2nc(Cl)ncc2cc1Br. The molecule has 0 spiro atoms. The fourth-order valence-corrected chi connectivity index (χ4v) is 1.80. The minimum absolute atomic E-state index is 0.0442. The Morgan fingerprint density at radius 1 is 1.47 bits per heavy atom. The Labute approximate surface area is 97.4 Å². The molecule has 0 saturated heterocycles. The standard InChI is InChI=1S/C8H3BrClN3O2/c9-5-1-4-3-11-8(10)12-6(4)2-7(5)13(14)15/h1-3H. The predicted molar refractivity (Wildman–Crippen MR) is 58.9 cm³/mol. The number of nitro groups is 1. The average molecular weight is 288 g/mol. The zero-order valence-corrected chi connectivity index (χ0v) is 9.49. The molecule has 0 N–H and O–H groups in total. The van der Waals surface area contributed by atoms with Crippen LogP contribution in [0.4, 0.5) is 5.69 Å². The van der Waals surface area contributed by atoms with Gasteiger partial charge in [0, 0.05) is 17.6 Å². The normalized spacial score (nSPS) is 10.5. The summed E-state index contributed by atoms with van der Waals surface area (Å²) in [6.45, 7) is 0. The van der Waals surface area contributed by atoms with Crippen molar-refractivity contribution in [2.75, 3.05) is 0 Å². The number of hydrogen-bond acceptors (Lipinski definition) is 4. The maximum absolute atomic E-state index is 10.6. The predicted octanol–water partition coefficient (Wildman–Crippen LogP) is 2.95. The highest BCUT2D eigenvalue weighted by Gasteiger charge is 2.13. The van der Waals surface area contributed by atoms with E-state index in [0.717, 1.165) is 0 Å². The summed E-state index contributed by atoms with van der Waals surface area (Å²) in [7, 11) is 0. The van der Waals surface area contributed by atoms with Gasteiger partial charge in [0.2, 0.25) is 5.28 Å². The van der Waals surface area contributed by atoms with Crippen LogP contribution in [0.2, 0.25) is 5.28 Å². The lowest BCUT2D eigenvalue weighted by Gasteiger charge is -1.99. The van der Waals surface area contributed by atoms with E-state index in [4.69, 9.17) is 11.6 Å². The van der Waals surface area contributed by atoms with Crippen LogP contribution in [-0.4, -0.2) is 14.9 Å². The van der Waals surface area contributed by atoms with Gasteiger partial charge < -0.3 is 0 Å². The summed E-state index contributed by atoms with van der Waals surface area (Å²) in [5, 5.41) is 11.4. The second-order valence-electron chi connectivity index (χ2n) is 2.76. The van der Waals surface area contributed by atoms with Crippen LogP contribution in [0.15, 0.2) is 22.8 Å². The molecule has 15 heavy (non-hydrogen) atoms. The lowest BCUT2D eigenvalue weighted by atomic mass is 10.2. The average Bonchev–Trinajstić information content (AvgIpc) is 2.17. The number of rotatable bonds is 1. The highest BCUT2D eigenvalue weighted by Crippen LogP contribution is 2.29. The molecule has 0 atom stereocenters. The molecule has 0 bridgehead atoms. The molecule has 0 aliphatic heterocycles. The molecule has 1 aromatic heterocycles. The quantitative estimate of drug-likeness (QED) is 0.459. The molecule has 1 heterocycles. The fraction of sp³-hybridized carbons (Fsp3) is 0. The number of aromatic nitrogens is 2. The molecule has 5 nitrogen and oxygen atoms in total. The van der Waals surface area contributed by atoms with Crippen LogP contribution >= 0.6 is 27.5 Å². The van der Waals surface area contributed by atoms with Gasteiger partial charge in [-0.05, 0) is 33.6 Å². The molecule has 0 saturated carbocycles. The second kappa shape index (κ2) is 3.71. The molecule has 0 radical (unpaired) electrons. The van der Waals surface area contributed by atoms with Crippen molar-refractivity contribution in [2.24, 2.45) is 0 Å². The van der Waals surface area contributed by atoms with Gasteiger partial charge in [0.05, 0.1) is 14.9 Å². The Hall–Kier alpha value is -1.27. The first-order valence-corrected chi connectivity index (χ1v) is 5.01. The summed E-state index contributed by atoms with van der Waals surface area (Å²) in [6.07, 6.45) is 1.51. The molecular weight excluding hydrogens is 285 g/mol. The topological polar surface area (TPSA) is 68.9 Å².